The van der Waals surface area contributed by atoms with Crippen molar-refractivity contribution in [2.45, 2.75) is 19.8 Å². The Labute approximate surface area is 162 Å². The van der Waals surface area contributed by atoms with Crippen molar-refractivity contribution < 1.29 is 23.5 Å². The molecule has 0 unspecified atom stereocenters. The van der Waals surface area contributed by atoms with Crippen molar-refractivity contribution in [2.75, 3.05) is 19.0 Å². The first kappa shape index (κ1) is 20.9. The van der Waals surface area contributed by atoms with Crippen LogP contribution in [0.1, 0.15) is 25.3 Å². The molecule has 0 spiro atoms. The third kappa shape index (κ3) is 6.71. The molecule has 0 aliphatic heterocycles. The lowest BCUT2D eigenvalue weighted by molar-refractivity contribution is -0.124. The molecular weight excluding hydrogens is 365 g/mol. The van der Waals surface area contributed by atoms with Crippen molar-refractivity contribution in [3.63, 3.8) is 0 Å². The zero-order chi connectivity index (χ0) is 20.4. The number of amides is 2. The topological polar surface area (TPSA) is 89.0 Å². The molecule has 2 aromatic carbocycles. The first-order valence-corrected chi connectivity index (χ1v) is 8.70. The number of nitrogens with one attached hydrogen (secondary N) is 2. The molecule has 0 aromatic heterocycles. The number of benzene rings is 2. The van der Waals surface area contributed by atoms with Crippen LogP contribution in [0.4, 0.5) is 10.1 Å². The second-order valence-corrected chi connectivity index (χ2v) is 5.69. The Morgan fingerprint density at radius 2 is 1.79 bits per heavy atom. The van der Waals surface area contributed by atoms with Gasteiger partial charge in [-0.1, -0.05) is 0 Å². The van der Waals surface area contributed by atoms with E-state index in [4.69, 9.17) is 9.47 Å². The summed E-state index contributed by atoms with van der Waals surface area (Å²) < 4.78 is 23.5. The predicted molar refractivity (Wildman–Crippen MR) is 104 cm³/mol. The number of anilines is 1. The van der Waals surface area contributed by atoms with E-state index in [-0.39, 0.29) is 24.6 Å². The van der Waals surface area contributed by atoms with Gasteiger partial charge in [0.25, 0.3) is 0 Å². The van der Waals surface area contributed by atoms with E-state index in [1.807, 2.05) is 6.92 Å². The highest BCUT2D eigenvalue weighted by molar-refractivity contribution is 5.93. The number of methoxy groups -OCH3 is 1. The molecule has 148 valence electrons. The number of nitrogens with zero attached hydrogens (tertiary/aromatic N) is 1. The summed E-state index contributed by atoms with van der Waals surface area (Å²) >= 11 is 0. The Kier molecular flexibility index (Phi) is 7.95. The average Bonchev–Trinajstić information content (AvgIpc) is 2.69. The number of carbonyl (C=O) groups excluding carboxylic acids is 2. The molecule has 0 saturated carbocycles. The summed E-state index contributed by atoms with van der Waals surface area (Å²) in [6.07, 6.45) is 1.42. The standard InChI is InChI=1S/C20H22FN3O4/c1-3-28-18-12-14(4-9-17(18)27-2)13-22-24-20(26)11-10-19(25)23-16-7-5-15(21)6-8-16/h4-9,12-13H,3,10-11H2,1-2H3,(H,23,25)(H,24,26). The van der Waals surface area contributed by atoms with Gasteiger partial charge in [0.1, 0.15) is 5.82 Å². The molecule has 0 heterocycles. The number of hydrazone groups is 1. The molecule has 2 aromatic rings. The van der Waals surface area contributed by atoms with E-state index < -0.39 is 5.91 Å². The first-order chi connectivity index (χ1) is 13.5. The van der Waals surface area contributed by atoms with Gasteiger partial charge in [-0.3, -0.25) is 9.59 Å². The summed E-state index contributed by atoms with van der Waals surface area (Å²) in [5, 5.41) is 6.46. The molecule has 2 N–H and O–H groups in total. The summed E-state index contributed by atoms with van der Waals surface area (Å²) in [6, 6.07) is 10.6. The number of hydrogen-bond acceptors (Lipinski definition) is 5. The molecule has 0 aliphatic carbocycles. The SMILES string of the molecule is CCOc1cc(C=NNC(=O)CCC(=O)Nc2ccc(F)cc2)ccc1OC. The molecule has 2 rings (SSSR count). The Bertz CT molecular complexity index is 838. The summed E-state index contributed by atoms with van der Waals surface area (Å²) in [5.41, 5.74) is 3.55. The van der Waals surface area contributed by atoms with Crippen molar-refractivity contribution in [1.29, 1.82) is 0 Å². The molecule has 0 fully saturated rings. The van der Waals surface area contributed by atoms with E-state index in [2.05, 4.69) is 15.8 Å². The van der Waals surface area contributed by atoms with Gasteiger partial charge in [-0.2, -0.15) is 5.10 Å². The fraction of sp³-hybridized carbons (Fsp3) is 0.250. The van der Waals surface area contributed by atoms with E-state index in [1.54, 1.807) is 25.3 Å². The number of rotatable bonds is 9. The Hall–Kier alpha value is -3.42. The maximum atomic E-state index is 12.8. The first-order valence-electron chi connectivity index (χ1n) is 8.70. The summed E-state index contributed by atoms with van der Waals surface area (Å²) in [4.78, 5) is 23.6. The van der Waals surface area contributed by atoms with E-state index in [0.29, 0.717) is 23.8 Å². The molecule has 0 atom stereocenters. The second kappa shape index (κ2) is 10.7. The van der Waals surface area contributed by atoms with Gasteiger partial charge in [0.05, 0.1) is 19.9 Å². The zero-order valence-electron chi connectivity index (χ0n) is 15.7. The minimum atomic E-state index is -0.399. The number of carbonyl (C=O) groups is 2. The molecule has 0 bridgehead atoms. The highest BCUT2D eigenvalue weighted by Gasteiger charge is 2.07. The smallest absolute Gasteiger partial charge is 0.240 e. The lowest BCUT2D eigenvalue weighted by Crippen LogP contribution is -2.20. The summed E-state index contributed by atoms with van der Waals surface area (Å²) in [7, 11) is 1.55. The van der Waals surface area contributed by atoms with Crippen LogP contribution in [0, 0.1) is 5.82 Å². The Morgan fingerprint density at radius 3 is 2.46 bits per heavy atom. The van der Waals surface area contributed by atoms with E-state index >= 15 is 0 Å². The molecule has 28 heavy (non-hydrogen) atoms. The number of hydrogen-bond donors (Lipinski definition) is 2. The number of ether oxygens (including phenoxy) is 2. The van der Waals surface area contributed by atoms with Crippen LogP contribution in [0.2, 0.25) is 0 Å². The third-order valence-corrected chi connectivity index (χ3v) is 3.60. The van der Waals surface area contributed by atoms with Crippen LogP contribution in [-0.4, -0.2) is 31.7 Å². The molecular formula is C20H22FN3O4. The minimum absolute atomic E-state index is 0.0181. The largest absolute Gasteiger partial charge is 0.493 e. The highest BCUT2D eigenvalue weighted by atomic mass is 19.1. The van der Waals surface area contributed by atoms with Crippen LogP contribution in [0.5, 0.6) is 11.5 Å². The second-order valence-electron chi connectivity index (χ2n) is 5.69. The third-order valence-electron chi connectivity index (χ3n) is 3.60. The lowest BCUT2D eigenvalue weighted by Gasteiger charge is -2.09. The maximum absolute atomic E-state index is 12.8. The van der Waals surface area contributed by atoms with Gasteiger partial charge >= 0.3 is 0 Å². The van der Waals surface area contributed by atoms with Crippen LogP contribution in [0.3, 0.4) is 0 Å². The van der Waals surface area contributed by atoms with Gasteiger partial charge in [0.15, 0.2) is 11.5 Å². The molecule has 0 aliphatic rings. The monoisotopic (exact) mass is 387 g/mol. The highest BCUT2D eigenvalue weighted by Crippen LogP contribution is 2.27. The van der Waals surface area contributed by atoms with Gasteiger partial charge < -0.3 is 14.8 Å². The molecule has 2 amide bonds. The van der Waals surface area contributed by atoms with Crippen molar-refractivity contribution >= 4 is 23.7 Å². The zero-order valence-corrected chi connectivity index (χ0v) is 15.7. The molecule has 0 saturated heterocycles. The van der Waals surface area contributed by atoms with Gasteiger partial charge in [0.2, 0.25) is 11.8 Å². The van der Waals surface area contributed by atoms with Crippen molar-refractivity contribution in [1.82, 2.24) is 5.43 Å². The molecule has 8 heteroatoms. The van der Waals surface area contributed by atoms with Gasteiger partial charge in [-0.25, -0.2) is 9.82 Å². The summed E-state index contributed by atoms with van der Waals surface area (Å²) in [5.74, 6) is 0.0553. The fourth-order valence-electron chi connectivity index (χ4n) is 2.26. The quantitative estimate of drug-likeness (QED) is 0.511. The fourth-order valence-corrected chi connectivity index (χ4v) is 2.26. The van der Waals surface area contributed by atoms with Crippen LogP contribution < -0.4 is 20.2 Å². The van der Waals surface area contributed by atoms with Crippen molar-refractivity contribution in [2.24, 2.45) is 5.10 Å². The van der Waals surface area contributed by atoms with Crippen LogP contribution in [0.25, 0.3) is 0 Å². The van der Waals surface area contributed by atoms with Crippen LogP contribution in [-0.2, 0) is 9.59 Å². The van der Waals surface area contributed by atoms with Gasteiger partial charge in [0, 0.05) is 18.5 Å². The van der Waals surface area contributed by atoms with Crippen molar-refractivity contribution in [3.8, 4) is 11.5 Å². The molecule has 0 radical (unpaired) electrons. The van der Waals surface area contributed by atoms with E-state index in [1.165, 1.54) is 30.5 Å². The van der Waals surface area contributed by atoms with E-state index in [0.717, 1.165) is 5.56 Å². The Balaban J connectivity index is 1.79. The maximum Gasteiger partial charge on any atom is 0.240 e. The van der Waals surface area contributed by atoms with E-state index in [9.17, 15) is 14.0 Å². The lowest BCUT2D eigenvalue weighted by atomic mass is 10.2. The van der Waals surface area contributed by atoms with Crippen LogP contribution >= 0.6 is 0 Å². The number of halogens is 1. The van der Waals surface area contributed by atoms with Crippen molar-refractivity contribution in [3.05, 3.63) is 53.8 Å². The normalized spacial score (nSPS) is 10.5. The van der Waals surface area contributed by atoms with Gasteiger partial charge in [-0.05, 0) is 55.0 Å². The van der Waals surface area contributed by atoms with Crippen LogP contribution in [0.15, 0.2) is 47.6 Å². The molecule has 7 nitrogen and oxygen atoms in total. The Morgan fingerprint density at radius 1 is 1.07 bits per heavy atom. The average molecular weight is 387 g/mol. The predicted octanol–water partition coefficient (Wildman–Crippen LogP) is 3.10. The van der Waals surface area contributed by atoms with Gasteiger partial charge in [-0.15, -0.1) is 0 Å². The minimum Gasteiger partial charge on any atom is -0.493 e. The summed E-state index contributed by atoms with van der Waals surface area (Å²) in [6.45, 7) is 2.36.